The number of ether oxygens (including phenoxy) is 2. The number of phenolic OH excluding ortho intramolecular Hbond substituents is 1. The highest BCUT2D eigenvalue weighted by Gasteiger charge is 2.70. The average Bonchev–Trinajstić information content (AvgIpc) is 3.55. The standard InChI is InChI=1S/C41H33ClN2O10/c1-53-31-15-20(16-32(54-2)35(31)46)34-25-13-14-27-33(38(49)43(36(27)47)24-11-12-26(39(50)51)30(45)18-24)28(25)19-29-37(48)44(23-10-6-9-22(42)17-23)40(52)41(29,34)21-7-4-3-5-8-21/h3-13,15-18,27-29,33-34,45-46H,14,19H2,1-2H3,(H,50,51)/t27-,28+,29-,33-,34-,41+/m0/s1. The number of amides is 4. The number of hydrogen-bond acceptors (Lipinski definition) is 9. The molecule has 4 amide bonds. The van der Waals surface area contributed by atoms with Crippen LogP contribution in [0.3, 0.4) is 0 Å². The van der Waals surface area contributed by atoms with Gasteiger partial charge in [0.25, 0.3) is 0 Å². The van der Waals surface area contributed by atoms with Crippen LogP contribution in [0.2, 0.25) is 5.02 Å². The molecule has 8 rings (SSSR count). The van der Waals surface area contributed by atoms with Gasteiger partial charge in [0.1, 0.15) is 11.3 Å². The van der Waals surface area contributed by atoms with Crippen molar-refractivity contribution in [1.29, 1.82) is 0 Å². The smallest absolute Gasteiger partial charge is 0.339 e. The molecule has 0 unspecified atom stereocenters. The summed E-state index contributed by atoms with van der Waals surface area (Å²) in [7, 11) is 2.76. The number of fused-ring (bicyclic) bond motifs is 4. The molecule has 12 nitrogen and oxygen atoms in total. The zero-order valence-electron chi connectivity index (χ0n) is 28.9. The zero-order chi connectivity index (χ0) is 38.2. The van der Waals surface area contributed by atoms with E-state index in [1.807, 2.05) is 6.08 Å². The average molecular weight is 749 g/mol. The quantitative estimate of drug-likeness (QED) is 0.154. The highest BCUT2D eigenvalue weighted by molar-refractivity contribution is 6.32. The summed E-state index contributed by atoms with van der Waals surface area (Å²) in [6.07, 6.45) is 2.03. The molecule has 0 aromatic heterocycles. The third kappa shape index (κ3) is 4.86. The van der Waals surface area contributed by atoms with Gasteiger partial charge in [0, 0.05) is 17.0 Å². The molecule has 274 valence electrons. The molecule has 54 heavy (non-hydrogen) atoms. The van der Waals surface area contributed by atoms with Crippen LogP contribution in [0.25, 0.3) is 0 Å². The number of methoxy groups -OCH3 is 2. The second-order valence-electron chi connectivity index (χ2n) is 13.9. The Morgan fingerprint density at radius 3 is 2.11 bits per heavy atom. The second kappa shape index (κ2) is 12.8. The number of allylic oxidation sites excluding steroid dienone is 2. The Morgan fingerprint density at radius 1 is 0.796 bits per heavy atom. The summed E-state index contributed by atoms with van der Waals surface area (Å²) in [4.78, 5) is 72.8. The van der Waals surface area contributed by atoms with Gasteiger partial charge in [-0.25, -0.2) is 14.6 Å². The second-order valence-corrected chi connectivity index (χ2v) is 14.3. The lowest BCUT2D eigenvalue weighted by molar-refractivity contribution is -0.127. The molecular weight excluding hydrogens is 716 g/mol. The minimum Gasteiger partial charge on any atom is -0.507 e. The van der Waals surface area contributed by atoms with E-state index in [9.17, 15) is 34.5 Å². The van der Waals surface area contributed by atoms with Gasteiger partial charge in [-0.1, -0.05) is 59.6 Å². The number of phenols is 2. The lowest BCUT2D eigenvalue weighted by Gasteiger charge is -2.50. The molecule has 13 heteroatoms. The van der Waals surface area contributed by atoms with Crippen LogP contribution in [0.4, 0.5) is 11.4 Å². The number of carbonyl (C=O) groups excluding carboxylic acids is 4. The summed E-state index contributed by atoms with van der Waals surface area (Å²) in [6, 6.07) is 22.1. The monoisotopic (exact) mass is 748 g/mol. The van der Waals surface area contributed by atoms with Gasteiger partial charge in [0.2, 0.25) is 29.4 Å². The number of carbonyl (C=O) groups is 5. The normalized spacial score (nSPS) is 25.9. The first-order valence-electron chi connectivity index (χ1n) is 17.2. The Balaban J connectivity index is 1.36. The predicted molar refractivity (Wildman–Crippen MR) is 195 cm³/mol. The number of anilines is 2. The van der Waals surface area contributed by atoms with Crippen molar-refractivity contribution in [3.05, 3.63) is 118 Å². The summed E-state index contributed by atoms with van der Waals surface area (Å²) < 4.78 is 11.1. The van der Waals surface area contributed by atoms with Crippen LogP contribution in [-0.2, 0) is 24.6 Å². The Morgan fingerprint density at radius 2 is 1.48 bits per heavy atom. The van der Waals surface area contributed by atoms with Crippen LogP contribution in [0.1, 0.15) is 40.2 Å². The predicted octanol–water partition coefficient (Wildman–Crippen LogP) is 5.83. The van der Waals surface area contributed by atoms with Crippen molar-refractivity contribution in [2.24, 2.45) is 23.7 Å². The maximum Gasteiger partial charge on any atom is 0.339 e. The van der Waals surface area contributed by atoms with E-state index in [2.05, 4.69) is 0 Å². The lowest BCUT2D eigenvalue weighted by atomic mass is 9.49. The largest absolute Gasteiger partial charge is 0.507 e. The van der Waals surface area contributed by atoms with E-state index in [-0.39, 0.29) is 47.0 Å². The van der Waals surface area contributed by atoms with Crippen molar-refractivity contribution in [2.45, 2.75) is 24.2 Å². The molecule has 2 saturated heterocycles. The Kier molecular flexibility index (Phi) is 8.26. The molecule has 6 atom stereocenters. The minimum absolute atomic E-state index is 0.0155. The van der Waals surface area contributed by atoms with Gasteiger partial charge in [-0.3, -0.25) is 19.2 Å². The fourth-order valence-corrected chi connectivity index (χ4v) is 9.48. The Hall–Kier alpha value is -6.14. The molecule has 1 saturated carbocycles. The van der Waals surface area contributed by atoms with Gasteiger partial charge in [-0.05, 0) is 72.4 Å². The van der Waals surface area contributed by atoms with Gasteiger partial charge < -0.3 is 24.8 Å². The summed E-state index contributed by atoms with van der Waals surface area (Å²) >= 11 is 6.39. The molecule has 0 spiro atoms. The summed E-state index contributed by atoms with van der Waals surface area (Å²) in [5.74, 6) is -8.71. The number of halogens is 1. The molecular formula is C41H33ClN2O10. The van der Waals surface area contributed by atoms with Crippen molar-refractivity contribution >= 4 is 52.6 Å². The van der Waals surface area contributed by atoms with E-state index in [1.54, 1.807) is 66.7 Å². The maximum absolute atomic E-state index is 15.4. The Bertz CT molecular complexity index is 2300. The van der Waals surface area contributed by atoms with Crippen LogP contribution in [-0.4, -0.2) is 59.1 Å². The number of carboxylic acid groups (broad SMARTS) is 1. The molecule has 2 aliphatic carbocycles. The first-order chi connectivity index (χ1) is 25.9. The van der Waals surface area contributed by atoms with Crippen LogP contribution < -0.4 is 19.3 Å². The van der Waals surface area contributed by atoms with Crippen molar-refractivity contribution in [3.8, 4) is 23.0 Å². The zero-order valence-corrected chi connectivity index (χ0v) is 29.7. The van der Waals surface area contributed by atoms with E-state index in [4.69, 9.17) is 21.1 Å². The van der Waals surface area contributed by atoms with Crippen LogP contribution in [0, 0.1) is 23.7 Å². The number of hydrogen-bond donors (Lipinski definition) is 3. The number of nitrogens with zero attached hydrogens (tertiary/aromatic N) is 2. The van der Waals surface area contributed by atoms with Gasteiger partial charge in [0.05, 0.1) is 48.8 Å². The van der Waals surface area contributed by atoms with Gasteiger partial charge in [-0.15, -0.1) is 0 Å². The number of aromatic carboxylic acids is 1. The first-order valence-corrected chi connectivity index (χ1v) is 17.6. The fourth-order valence-electron chi connectivity index (χ4n) is 9.29. The van der Waals surface area contributed by atoms with E-state index >= 15 is 4.79 Å². The molecule has 3 fully saturated rings. The molecule has 4 aromatic rings. The van der Waals surface area contributed by atoms with Crippen LogP contribution in [0.5, 0.6) is 23.0 Å². The Labute approximate surface area is 313 Å². The first kappa shape index (κ1) is 34.9. The summed E-state index contributed by atoms with van der Waals surface area (Å²) in [6.45, 7) is 0. The van der Waals surface area contributed by atoms with Crippen LogP contribution in [0.15, 0.2) is 96.6 Å². The number of aromatic hydroxyl groups is 2. The number of rotatable bonds is 7. The van der Waals surface area contributed by atoms with Crippen molar-refractivity contribution in [3.63, 3.8) is 0 Å². The SMILES string of the molecule is COc1cc([C@H]2C3=CC[C@@H]4C(=O)N(c5ccc(C(=O)O)c(O)c5)C(=O)[C@@H]4[C@@H]3C[C@H]3C(=O)N(c4cccc(Cl)c4)C(=O)[C@@]23c2ccccc2)cc(OC)c1O. The van der Waals surface area contributed by atoms with Gasteiger partial charge >= 0.3 is 5.97 Å². The number of benzene rings is 4. The lowest BCUT2D eigenvalue weighted by Crippen LogP contribution is -2.53. The van der Waals surface area contributed by atoms with Crippen molar-refractivity contribution in [1.82, 2.24) is 0 Å². The van der Waals surface area contributed by atoms with E-state index in [0.717, 1.165) is 21.9 Å². The number of carboxylic acids is 1. The highest BCUT2D eigenvalue weighted by Crippen LogP contribution is 2.65. The van der Waals surface area contributed by atoms with Crippen LogP contribution >= 0.6 is 11.6 Å². The molecule has 2 heterocycles. The van der Waals surface area contributed by atoms with Crippen molar-refractivity contribution < 1.29 is 48.8 Å². The van der Waals surface area contributed by atoms with E-state index in [1.165, 1.54) is 20.3 Å². The molecule has 0 radical (unpaired) electrons. The third-order valence-electron chi connectivity index (χ3n) is 11.5. The molecule has 0 bridgehead atoms. The van der Waals surface area contributed by atoms with Crippen molar-refractivity contribution in [2.75, 3.05) is 24.0 Å². The molecule has 4 aromatic carbocycles. The fraction of sp³-hybridized carbons (Fsp3) is 0.244. The highest BCUT2D eigenvalue weighted by atomic mass is 35.5. The third-order valence-corrected chi connectivity index (χ3v) is 11.7. The molecule has 2 aliphatic heterocycles. The number of imide groups is 2. The minimum atomic E-state index is -1.58. The summed E-state index contributed by atoms with van der Waals surface area (Å²) in [5, 5.41) is 31.2. The topological polar surface area (TPSA) is 171 Å². The van der Waals surface area contributed by atoms with E-state index in [0.29, 0.717) is 21.7 Å². The van der Waals surface area contributed by atoms with Gasteiger partial charge in [-0.2, -0.15) is 0 Å². The molecule has 4 aliphatic rings. The maximum atomic E-state index is 15.4. The van der Waals surface area contributed by atoms with E-state index < -0.39 is 70.4 Å². The summed E-state index contributed by atoms with van der Waals surface area (Å²) in [5.41, 5.74) is 0.0159. The van der Waals surface area contributed by atoms with Gasteiger partial charge in [0.15, 0.2) is 11.5 Å². The molecule has 3 N–H and O–H groups in total.